The van der Waals surface area contributed by atoms with Gasteiger partial charge in [-0.2, -0.15) is 4.90 Å². The predicted molar refractivity (Wildman–Crippen MR) is 40.7 cm³/mol. The maximum absolute atomic E-state index is 10.9. The molecule has 1 N–H and O–H groups in total. The van der Waals surface area contributed by atoms with E-state index < -0.39 is 11.0 Å². The summed E-state index contributed by atoms with van der Waals surface area (Å²) in [5.74, 6) is 0. The third-order valence-corrected chi connectivity index (χ3v) is 1.80. The molecule has 0 saturated heterocycles. The predicted octanol–water partition coefficient (Wildman–Crippen LogP) is -1.29. The first-order valence-electron chi connectivity index (χ1n) is 3.59. The Morgan fingerprint density at radius 1 is 1.57 bits per heavy atom. The molecule has 0 bridgehead atoms. The highest BCUT2D eigenvalue weighted by atomic mass is 16.8. The Balaban J connectivity index is 2.66. The molecule has 0 amide bonds. The highest BCUT2D eigenvalue weighted by Gasteiger charge is 2.35. The lowest BCUT2D eigenvalue weighted by molar-refractivity contribution is -0.809. The van der Waals surface area contributed by atoms with Gasteiger partial charge in [-0.3, -0.25) is 4.63 Å². The average Bonchev–Trinajstić information content (AvgIpc) is 2.49. The van der Waals surface area contributed by atoms with Crippen molar-refractivity contribution < 1.29 is 19.5 Å². The SMILES string of the molecule is [O-][N+]([O-])=C1C=CC(O)c2c1no[n+]2[O-]. The summed E-state index contributed by atoms with van der Waals surface area (Å²) < 4.78 is 4.15. The third kappa shape index (κ3) is 1.01. The monoisotopic (exact) mass is 198 g/mol. The minimum absolute atomic E-state index is 0.0486. The Bertz CT molecular complexity index is 431. The van der Waals surface area contributed by atoms with Gasteiger partial charge >= 0.3 is 5.69 Å². The van der Waals surface area contributed by atoms with Crippen LogP contribution in [0.25, 0.3) is 0 Å². The summed E-state index contributed by atoms with van der Waals surface area (Å²) in [6.07, 6.45) is 0.971. The van der Waals surface area contributed by atoms with E-state index in [0.717, 1.165) is 12.2 Å². The van der Waals surface area contributed by atoms with Crippen LogP contribution >= 0.6 is 0 Å². The number of hydrogen-bond donors (Lipinski definition) is 1. The van der Waals surface area contributed by atoms with Crippen LogP contribution in [0.3, 0.4) is 0 Å². The Hall–Kier alpha value is -2.09. The van der Waals surface area contributed by atoms with Crippen LogP contribution in [0.1, 0.15) is 17.5 Å². The lowest BCUT2D eigenvalue weighted by Gasteiger charge is -2.10. The van der Waals surface area contributed by atoms with Crippen molar-refractivity contribution in [3.8, 4) is 0 Å². The molecule has 0 radical (unpaired) electrons. The Morgan fingerprint density at radius 3 is 2.93 bits per heavy atom. The minimum atomic E-state index is -1.22. The van der Waals surface area contributed by atoms with E-state index in [1.165, 1.54) is 0 Å². The highest BCUT2D eigenvalue weighted by molar-refractivity contribution is 6.05. The van der Waals surface area contributed by atoms with Crippen molar-refractivity contribution in [2.45, 2.75) is 6.10 Å². The zero-order valence-corrected chi connectivity index (χ0v) is 6.65. The quantitative estimate of drug-likeness (QED) is 0.408. The van der Waals surface area contributed by atoms with E-state index in [1.54, 1.807) is 0 Å². The second-order valence-electron chi connectivity index (χ2n) is 2.61. The maximum Gasteiger partial charge on any atom is 0.320 e. The first-order chi connectivity index (χ1) is 6.61. The fourth-order valence-electron chi connectivity index (χ4n) is 1.18. The van der Waals surface area contributed by atoms with Gasteiger partial charge in [-0.05, 0) is 11.0 Å². The largest absolute Gasteiger partial charge is 0.612 e. The van der Waals surface area contributed by atoms with Crippen molar-refractivity contribution in [1.29, 1.82) is 0 Å². The van der Waals surface area contributed by atoms with Gasteiger partial charge in [0.1, 0.15) is 6.10 Å². The molecule has 1 heterocycles. The van der Waals surface area contributed by atoms with Gasteiger partial charge in [-0.25, -0.2) is 0 Å². The Labute approximate surface area is 76.7 Å². The van der Waals surface area contributed by atoms with Crippen LogP contribution in [0.15, 0.2) is 16.8 Å². The molecule has 1 aliphatic rings. The molecule has 1 unspecified atom stereocenters. The second-order valence-corrected chi connectivity index (χ2v) is 2.61. The number of hydrogen-bond acceptors (Lipinski definition) is 6. The van der Waals surface area contributed by atoms with Crippen LogP contribution in [0.2, 0.25) is 0 Å². The van der Waals surface area contributed by atoms with Crippen molar-refractivity contribution >= 4 is 5.71 Å². The lowest BCUT2D eigenvalue weighted by Crippen LogP contribution is -2.32. The van der Waals surface area contributed by atoms with E-state index in [1.807, 2.05) is 0 Å². The van der Waals surface area contributed by atoms with Crippen LogP contribution in [-0.2, 0) is 0 Å². The summed E-state index contributed by atoms with van der Waals surface area (Å²) in [6, 6.07) is 0. The first kappa shape index (κ1) is 8.51. The van der Waals surface area contributed by atoms with Crippen LogP contribution in [0.5, 0.6) is 0 Å². The number of rotatable bonds is 0. The molecule has 0 aromatic carbocycles. The lowest BCUT2D eigenvalue weighted by atomic mass is 10.0. The van der Waals surface area contributed by atoms with Gasteiger partial charge in [0.2, 0.25) is 5.69 Å². The first-order valence-corrected chi connectivity index (χ1v) is 3.59. The minimum Gasteiger partial charge on any atom is -0.612 e. The van der Waals surface area contributed by atoms with Gasteiger partial charge in [0.25, 0.3) is 5.71 Å². The summed E-state index contributed by atoms with van der Waals surface area (Å²) in [5, 5.41) is 44.3. The third-order valence-electron chi connectivity index (χ3n) is 1.80. The van der Waals surface area contributed by atoms with Gasteiger partial charge in [0.05, 0.1) is 5.16 Å². The fraction of sp³-hybridized carbons (Fsp3) is 0.167. The number of aliphatic hydroxyl groups is 1. The maximum atomic E-state index is 10.9. The molecular weight excluding hydrogens is 194 g/mol. The van der Waals surface area contributed by atoms with Crippen LogP contribution in [0.4, 0.5) is 0 Å². The van der Waals surface area contributed by atoms with E-state index in [2.05, 4.69) is 9.79 Å². The molecule has 14 heavy (non-hydrogen) atoms. The molecule has 2 rings (SSSR count). The molecule has 8 heteroatoms. The number of aliphatic hydroxyl groups excluding tert-OH is 1. The van der Waals surface area contributed by atoms with Crippen LogP contribution < -0.4 is 4.90 Å². The van der Waals surface area contributed by atoms with Crippen molar-refractivity contribution in [3.63, 3.8) is 0 Å². The molecular formula is C6H4N3O5-. The second kappa shape index (κ2) is 2.70. The molecule has 0 fully saturated rings. The zero-order valence-electron chi connectivity index (χ0n) is 6.65. The molecule has 1 aliphatic carbocycles. The standard InChI is InChI=1S/C6H4N3O5/c10-4-2-1-3(8(11)12)5-6(4)9(13)14-7-5/h1-2,4,10H/q-1. The van der Waals surface area contributed by atoms with E-state index in [9.17, 15) is 20.7 Å². The number of nitrogens with zero attached hydrogens (tertiary/aromatic N) is 3. The molecule has 0 spiro atoms. The van der Waals surface area contributed by atoms with E-state index in [-0.39, 0.29) is 22.0 Å². The topological polar surface area (TPSA) is 122 Å². The summed E-state index contributed by atoms with van der Waals surface area (Å²) in [5.41, 5.74) is -0.872. The van der Waals surface area contributed by atoms with E-state index in [4.69, 9.17) is 0 Å². The van der Waals surface area contributed by atoms with Crippen molar-refractivity contribution in [2.24, 2.45) is 0 Å². The summed E-state index contributed by atoms with van der Waals surface area (Å²) in [4.78, 5) is -0.753. The number of aromatic nitrogens is 2. The van der Waals surface area contributed by atoms with Gasteiger partial charge in [0.15, 0.2) is 0 Å². The van der Waals surface area contributed by atoms with E-state index >= 15 is 0 Å². The average molecular weight is 198 g/mol. The van der Waals surface area contributed by atoms with Crippen LogP contribution in [-0.4, -0.2) is 20.9 Å². The highest BCUT2D eigenvalue weighted by Crippen LogP contribution is 2.19. The smallest absolute Gasteiger partial charge is 0.320 e. The number of allylic oxidation sites excluding steroid dienone is 1. The zero-order chi connectivity index (χ0) is 10.3. The van der Waals surface area contributed by atoms with Gasteiger partial charge in [0, 0.05) is 6.08 Å². The Morgan fingerprint density at radius 2 is 2.29 bits per heavy atom. The molecule has 0 aliphatic heterocycles. The molecule has 1 atom stereocenters. The number of fused-ring (bicyclic) bond motifs is 1. The summed E-state index contributed by atoms with van der Waals surface area (Å²) in [6.45, 7) is 0. The molecule has 1 aromatic rings. The van der Waals surface area contributed by atoms with Crippen molar-refractivity contribution in [2.75, 3.05) is 0 Å². The van der Waals surface area contributed by atoms with Crippen molar-refractivity contribution in [1.82, 2.24) is 5.16 Å². The van der Waals surface area contributed by atoms with Crippen molar-refractivity contribution in [3.05, 3.63) is 39.2 Å². The van der Waals surface area contributed by atoms with E-state index in [0.29, 0.717) is 0 Å². The van der Waals surface area contributed by atoms with Gasteiger partial charge in [-0.15, -0.1) is 0 Å². The summed E-state index contributed by atoms with van der Waals surface area (Å²) >= 11 is 0. The normalized spacial score (nSPS) is 19.5. The molecule has 74 valence electrons. The molecule has 8 nitrogen and oxygen atoms in total. The van der Waals surface area contributed by atoms with Crippen LogP contribution in [0, 0.1) is 15.6 Å². The Kier molecular flexibility index (Phi) is 1.64. The van der Waals surface area contributed by atoms with Gasteiger partial charge in [-0.1, -0.05) is 0 Å². The molecule has 1 aromatic heterocycles. The van der Waals surface area contributed by atoms with Gasteiger partial charge < -0.3 is 20.7 Å². The fourth-order valence-corrected chi connectivity index (χ4v) is 1.18. The molecule has 0 saturated carbocycles. The summed E-state index contributed by atoms with van der Waals surface area (Å²) in [7, 11) is 0.